The van der Waals surface area contributed by atoms with Crippen molar-refractivity contribution in [2.75, 3.05) is 0 Å². The minimum Gasteiger partial charge on any atom is -0.147 e. The standard InChI is InChI=1S/C22H22.2ClH.Zr/c1-15-10-11-17(12-15)16(2)13-18-7-5-9-21-20-8-4-3-6-19(20)14-22(18)21;;;/h3-10,12,16H,11,13-14H2,1-2H3;2*1H;. The molecule has 0 spiro atoms. The fourth-order valence-corrected chi connectivity index (χ4v) is 3.91. The first-order chi connectivity index (χ1) is 10.7. The Morgan fingerprint density at radius 2 is 1.68 bits per heavy atom. The average molecular weight is 451 g/mol. The quantitative estimate of drug-likeness (QED) is 0.424. The maximum Gasteiger partial charge on any atom is 0 e. The molecule has 130 valence electrons. The van der Waals surface area contributed by atoms with Crippen LogP contribution in [0.4, 0.5) is 0 Å². The summed E-state index contributed by atoms with van der Waals surface area (Å²) in [6.45, 7) is 4.58. The number of rotatable bonds is 3. The third kappa shape index (κ3) is 4.38. The Morgan fingerprint density at radius 1 is 0.960 bits per heavy atom. The molecule has 0 N–H and O–H groups in total. The van der Waals surface area contributed by atoms with E-state index in [1.165, 1.54) is 27.8 Å². The fourth-order valence-electron chi connectivity index (χ4n) is 3.91. The Hall–Kier alpha value is -0.617. The first-order valence-corrected chi connectivity index (χ1v) is 8.28. The molecule has 0 heterocycles. The Labute approximate surface area is 182 Å². The molecule has 2 aromatic rings. The van der Waals surface area contributed by atoms with E-state index in [4.69, 9.17) is 0 Å². The molecule has 3 heteroatoms. The summed E-state index contributed by atoms with van der Waals surface area (Å²) < 4.78 is 0. The van der Waals surface area contributed by atoms with Crippen LogP contribution in [-0.2, 0) is 39.0 Å². The van der Waals surface area contributed by atoms with Crippen LogP contribution >= 0.6 is 24.8 Å². The van der Waals surface area contributed by atoms with Gasteiger partial charge in [0.15, 0.2) is 0 Å². The molecule has 0 aliphatic heterocycles. The normalized spacial score (nSPS) is 14.8. The second-order valence-electron chi connectivity index (χ2n) is 6.75. The van der Waals surface area contributed by atoms with E-state index in [2.05, 4.69) is 68.5 Å². The Morgan fingerprint density at radius 3 is 2.40 bits per heavy atom. The van der Waals surface area contributed by atoms with Crippen LogP contribution in [0.3, 0.4) is 0 Å². The number of hydrogen-bond donors (Lipinski definition) is 0. The smallest absolute Gasteiger partial charge is 0 e. The van der Waals surface area contributed by atoms with Gasteiger partial charge >= 0.3 is 0 Å². The predicted molar refractivity (Wildman–Crippen MR) is 109 cm³/mol. The van der Waals surface area contributed by atoms with Crippen LogP contribution in [0.5, 0.6) is 0 Å². The molecule has 0 saturated carbocycles. The van der Waals surface area contributed by atoms with Crippen LogP contribution in [0, 0.1) is 5.92 Å². The van der Waals surface area contributed by atoms with Crippen molar-refractivity contribution in [1.29, 1.82) is 0 Å². The van der Waals surface area contributed by atoms with E-state index in [0.717, 1.165) is 19.3 Å². The maximum atomic E-state index is 2.38. The molecule has 2 aliphatic rings. The first kappa shape index (κ1) is 22.4. The monoisotopic (exact) mass is 448 g/mol. The van der Waals surface area contributed by atoms with Gasteiger partial charge in [-0.25, -0.2) is 0 Å². The summed E-state index contributed by atoms with van der Waals surface area (Å²) in [5.41, 5.74) is 10.5. The van der Waals surface area contributed by atoms with Gasteiger partial charge < -0.3 is 0 Å². The summed E-state index contributed by atoms with van der Waals surface area (Å²) in [4.78, 5) is 0. The summed E-state index contributed by atoms with van der Waals surface area (Å²) in [6.07, 6.45) is 8.12. The third-order valence-corrected chi connectivity index (χ3v) is 5.18. The van der Waals surface area contributed by atoms with Crippen LogP contribution in [0.2, 0.25) is 0 Å². The van der Waals surface area contributed by atoms with Gasteiger partial charge in [-0.1, -0.05) is 72.7 Å². The molecule has 0 nitrogen and oxygen atoms in total. The zero-order valence-corrected chi connectivity index (χ0v) is 18.8. The van der Waals surface area contributed by atoms with E-state index in [1.807, 2.05) is 0 Å². The number of fused-ring (bicyclic) bond motifs is 3. The van der Waals surface area contributed by atoms with Crippen molar-refractivity contribution in [3.63, 3.8) is 0 Å². The second kappa shape index (κ2) is 9.36. The summed E-state index contributed by atoms with van der Waals surface area (Å²) in [6, 6.07) is 15.7. The van der Waals surface area contributed by atoms with Gasteiger partial charge in [0.05, 0.1) is 0 Å². The molecule has 0 amide bonds. The van der Waals surface area contributed by atoms with E-state index in [1.54, 1.807) is 11.1 Å². The number of benzene rings is 2. The zero-order chi connectivity index (χ0) is 15.1. The molecule has 0 bridgehead atoms. The van der Waals surface area contributed by atoms with Crippen molar-refractivity contribution in [2.45, 2.75) is 33.1 Å². The number of hydrogen-bond acceptors (Lipinski definition) is 0. The van der Waals surface area contributed by atoms with Crippen LogP contribution in [0.1, 0.15) is 37.0 Å². The molecule has 2 aromatic carbocycles. The molecular formula is C22H24Cl2Zr. The molecular weight excluding hydrogens is 426 g/mol. The molecule has 4 rings (SSSR count). The molecule has 0 saturated heterocycles. The number of halogens is 2. The first-order valence-electron chi connectivity index (χ1n) is 8.28. The SMILES string of the molecule is CC1=CCC(C(C)Cc2cccc3c2Cc2ccccc2-3)=C1.Cl.Cl.[Zr]. The minimum absolute atomic E-state index is 0. The molecule has 1 unspecified atom stereocenters. The minimum atomic E-state index is 0. The van der Waals surface area contributed by atoms with Gasteiger partial charge in [0, 0.05) is 26.2 Å². The van der Waals surface area contributed by atoms with E-state index in [9.17, 15) is 0 Å². The van der Waals surface area contributed by atoms with Crippen LogP contribution < -0.4 is 0 Å². The van der Waals surface area contributed by atoms with Gasteiger partial charge in [-0.2, -0.15) is 0 Å². The van der Waals surface area contributed by atoms with Crippen molar-refractivity contribution < 1.29 is 26.2 Å². The maximum absolute atomic E-state index is 2.38. The topological polar surface area (TPSA) is 0 Å². The van der Waals surface area contributed by atoms with Gasteiger partial charge in [0.2, 0.25) is 0 Å². The Kier molecular flexibility index (Phi) is 8.39. The molecule has 0 radical (unpaired) electrons. The van der Waals surface area contributed by atoms with E-state index >= 15 is 0 Å². The average Bonchev–Trinajstić information content (AvgIpc) is 3.12. The fraction of sp³-hybridized carbons (Fsp3) is 0.273. The van der Waals surface area contributed by atoms with Crippen LogP contribution in [0.25, 0.3) is 11.1 Å². The van der Waals surface area contributed by atoms with Crippen molar-refractivity contribution in [3.8, 4) is 11.1 Å². The largest absolute Gasteiger partial charge is 0.147 e. The van der Waals surface area contributed by atoms with Crippen molar-refractivity contribution in [3.05, 3.63) is 82.5 Å². The van der Waals surface area contributed by atoms with Crippen molar-refractivity contribution in [2.24, 2.45) is 5.92 Å². The van der Waals surface area contributed by atoms with Crippen molar-refractivity contribution >= 4 is 24.8 Å². The molecule has 0 fully saturated rings. The van der Waals surface area contributed by atoms with E-state index < -0.39 is 0 Å². The molecule has 1 atom stereocenters. The van der Waals surface area contributed by atoms with Crippen LogP contribution in [-0.4, -0.2) is 0 Å². The van der Waals surface area contributed by atoms with Gasteiger partial charge in [0.25, 0.3) is 0 Å². The van der Waals surface area contributed by atoms with Gasteiger partial charge in [-0.15, -0.1) is 24.8 Å². The summed E-state index contributed by atoms with van der Waals surface area (Å²) in [5.74, 6) is 0.629. The van der Waals surface area contributed by atoms with Gasteiger partial charge in [0.1, 0.15) is 0 Å². The van der Waals surface area contributed by atoms with E-state index in [0.29, 0.717) is 5.92 Å². The summed E-state index contributed by atoms with van der Waals surface area (Å²) in [5, 5.41) is 0. The third-order valence-electron chi connectivity index (χ3n) is 5.18. The molecule has 2 aliphatic carbocycles. The molecule has 25 heavy (non-hydrogen) atoms. The summed E-state index contributed by atoms with van der Waals surface area (Å²) >= 11 is 0. The van der Waals surface area contributed by atoms with Gasteiger partial charge in [-0.05, 0) is 59.9 Å². The summed E-state index contributed by atoms with van der Waals surface area (Å²) in [7, 11) is 0. The zero-order valence-electron chi connectivity index (χ0n) is 14.7. The van der Waals surface area contributed by atoms with Crippen LogP contribution in [0.15, 0.2) is 65.8 Å². The van der Waals surface area contributed by atoms with Gasteiger partial charge in [-0.3, -0.25) is 0 Å². The van der Waals surface area contributed by atoms with E-state index in [-0.39, 0.29) is 51.0 Å². The second-order valence-corrected chi connectivity index (χ2v) is 6.75. The molecule has 0 aromatic heterocycles. The number of allylic oxidation sites excluding steroid dienone is 4. The predicted octanol–water partition coefficient (Wildman–Crippen LogP) is 6.55. The Balaban J connectivity index is 0.00000104. The Bertz CT molecular complexity index is 805. The van der Waals surface area contributed by atoms with Crippen molar-refractivity contribution in [1.82, 2.24) is 0 Å².